The zero-order chi connectivity index (χ0) is 13.5. The van der Waals surface area contributed by atoms with Crippen molar-refractivity contribution >= 4 is 11.1 Å². The summed E-state index contributed by atoms with van der Waals surface area (Å²) >= 11 is 0. The van der Waals surface area contributed by atoms with E-state index >= 15 is 0 Å². The zero-order valence-electron chi connectivity index (χ0n) is 11.9. The van der Waals surface area contributed by atoms with Crippen LogP contribution in [0.4, 0.5) is 0 Å². The van der Waals surface area contributed by atoms with E-state index in [4.69, 9.17) is 4.52 Å². The summed E-state index contributed by atoms with van der Waals surface area (Å²) in [4.78, 5) is 4.36. The lowest BCUT2D eigenvalue weighted by molar-refractivity contribution is 0.380. The number of rotatable bonds is 4. The topological polar surface area (TPSA) is 51.0 Å². The minimum Gasteiger partial charge on any atom is -0.336 e. The van der Waals surface area contributed by atoms with E-state index in [2.05, 4.69) is 42.3 Å². The molecular weight excluding hydrogens is 238 g/mol. The van der Waals surface area contributed by atoms with Gasteiger partial charge in [0.1, 0.15) is 0 Å². The number of hydrogen-bond acceptors (Lipinski definition) is 4. The van der Waals surface area contributed by atoms with Crippen molar-refractivity contribution in [1.82, 2.24) is 15.5 Å². The van der Waals surface area contributed by atoms with Gasteiger partial charge >= 0.3 is 0 Å². The molecule has 19 heavy (non-hydrogen) atoms. The van der Waals surface area contributed by atoms with E-state index in [9.17, 15) is 0 Å². The van der Waals surface area contributed by atoms with Crippen molar-refractivity contribution in [1.29, 1.82) is 0 Å². The highest BCUT2D eigenvalue weighted by molar-refractivity contribution is 5.76. The van der Waals surface area contributed by atoms with Crippen molar-refractivity contribution < 1.29 is 4.52 Å². The summed E-state index contributed by atoms with van der Waals surface area (Å²) in [6.07, 6.45) is 5.39. The summed E-state index contributed by atoms with van der Waals surface area (Å²) in [5.41, 5.74) is 3.07. The van der Waals surface area contributed by atoms with Crippen molar-refractivity contribution in [2.24, 2.45) is 5.41 Å². The van der Waals surface area contributed by atoms with Gasteiger partial charge in [0.15, 0.2) is 0 Å². The maximum absolute atomic E-state index is 5.31. The second-order valence-electron chi connectivity index (χ2n) is 6.72. The van der Waals surface area contributed by atoms with Crippen LogP contribution in [0.3, 0.4) is 0 Å². The van der Waals surface area contributed by atoms with Gasteiger partial charge in [0.05, 0.1) is 11.1 Å². The van der Waals surface area contributed by atoms with Crippen molar-refractivity contribution in [2.45, 2.75) is 52.6 Å². The van der Waals surface area contributed by atoms with E-state index in [0.29, 0.717) is 11.8 Å². The zero-order valence-corrected chi connectivity index (χ0v) is 11.9. The van der Waals surface area contributed by atoms with Gasteiger partial charge in [0.25, 0.3) is 5.71 Å². The molecule has 0 aromatic carbocycles. The molecule has 0 unspecified atom stereocenters. The number of nitrogens with one attached hydrogen (secondary N) is 1. The Balaban J connectivity index is 1.84. The van der Waals surface area contributed by atoms with Crippen LogP contribution >= 0.6 is 0 Å². The van der Waals surface area contributed by atoms with Crippen LogP contribution in [0.5, 0.6) is 0 Å². The van der Waals surface area contributed by atoms with Crippen molar-refractivity contribution in [2.75, 3.05) is 0 Å². The Morgan fingerprint density at radius 1 is 1.37 bits per heavy atom. The Hall–Kier alpha value is -1.42. The van der Waals surface area contributed by atoms with Crippen molar-refractivity contribution in [3.63, 3.8) is 0 Å². The largest absolute Gasteiger partial charge is 0.336 e. The highest BCUT2D eigenvalue weighted by Gasteiger charge is 2.21. The molecule has 4 nitrogen and oxygen atoms in total. The molecule has 3 rings (SSSR count). The minimum atomic E-state index is 0.200. The fraction of sp³-hybridized carbons (Fsp3) is 0.600. The number of nitrogens with zero attached hydrogens (tertiary/aromatic N) is 2. The Labute approximate surface area is 113 Å². The lowest BCUT2D eigenvalue weighted by atomic mass is 9.90. The van der Waals surface area contributed by atoms with Gasteiger partial charge in [-0.3, -0.25) is 0 Å². The van der Waals surface area contributed by atoms with Crippen LogP contribution in [0.1, 0.15) is 44.9 Å². The van der Waals surface area contributed by atoms with E-state index in [1.54, 1.807) is 0 Å². The van der Waals surface area contributed by atoms with E-state index in [1.165, 1.54) is 18.4 Å². The van der Waals surface area contributed by atoms with E-state index in [-0.39, 0.29) is 5.41 Å². The van der Waals surface area contributed by atoms with Gasteiger partial charge in [0, 0.05) is 18.8 Å². The molecule has 0 amide bonds. The molecule has 2 heterocycles. The standard InChI is InChI=1S/C15H21N3O/c1-15(2,3)7-13-12-6-10(8-16-11-4-5-11)9-17-14(12)19-18-13/h6,9,11,16H,4-5,7-8H2,1-3H3. The SMILES string of the molecule is CC(C)(C)Cc1noc2ncc(CNC3CC3)cc12. The fourth-order valence-electron chi connectivity index (χ4n) is 2.20. The van der Waals surface area contributed by atoms with Gasteiger partial charge in [-0.1, -0.05) is 25.9 Å². The van der Waals surface area contributed by atoms with E-state index < -0.39 is 0 Å². The third-order valence-corrected chi connectivity index (χ3v) is 3.33. The quantitative estimate of drug-likeness (QED) is 0.916. The maximum Gasteiger partial charge on any atom is 0.257 e. The Bertz CT molecular complexity index is 579. The molecule has 2 aromatic heterocycles. The second kappa shape index (κ2) is 4.60. The third-order valence-electron chi connectivity index (χ3n) is 3.33. The molecule has 0 atom stereocenters. The van der Waals surface area contributed by atoms with Crippen LogP contribution < -0.4 is 5.32 Å². The molecule has 1 aliphatic rings. The monoisotopic (exact) mass is 259 g/mol. The molecule has 0 aliphatic heterocycles. The van der Waals surface area contributed by atoms with Gasteiger partial charge in [-0.15, -0.1) is 0 Å². The van der Waals surface area contributed by atoms with Crippen LogP contribution in [0, 0.1) is 5.41 Å². The van der Waals surface area contributed by atoms with Crippen molar-refractivity contribution in [3.05, 3.63) is 23.5 Å². The van der Waals surface area contributed by atoms with Gasteiger partial charge in [-0.2, -0.15) is 0 Å². The summed E-state index contributed by atoms with van der Waals surface area (Å²) < 4.78 is 5.31. The minimum absolute atomic E-state index is 0.200. The Kier molecular flexibility index (Phi) is 3.05. The fourth-order valence-corrected chi connectivity index (χ4v) is 2.20. The normalized spacial score (nSPS) is 16.2. The Morgan fingerprint density at radius 2 is 2.16 bits per heavy atom. The van der Waals surface area contributed by atoms with Crippen LogP contribution in [0.15, 0.2) is 16.8 Å². The van der Waals surface area contributed by atoms with Gasteiger partial charge < -0.3 is 9.84 Å². The highest BCUT2D eigenvalue weighted by Crippen LogP contribution is 2.26. The predicted octanol–water partition coefficient (Wildman–Crippen LogP) is 3.06. The van der Waals surface area contributed by atoms with Crippen LogP contribution in [0.25, 0.3) is 11.1 Å². The second-order valence-corrected chi connectivity index (χ2v) is 6.72. The summed E-state index contributed by atoms with van der Waals surface area (Å²) in [6, 6.07) is 2.88. The average molecular weight is 259 g/mol. The summed E-state index contributed by atoms with van der Waals surface area (Å²) in [5.74, 6) is 0. The first-order valence-electron chi connectivity index (χ1n) is 6.98. The van der Waals surface area contributed by atoms with Gasteiger partial charge in [0.2, 0.25) is 0 Å². The molecule has 4 heteroatoms. The lowest BCUT2D eigenvalue weighted by Gasteiger charge is -2.15. The highest BCUT2D eigenvalue weighted by atomic mass is 16.5. The Morgan fingerprint density at radius 3 is 2.84 bits per heavy atom. The van der Waals surface area contributed by atoms with Crippen LogP contribution in [-0.2, 0) is 13.0 Å². The molecule has 1 aliphatic carbocycles. The number of fused-ring (bicyclic) bond motifs is 1. The summed E-state index contributed by atoms with van der Waals surface area (Å²) in [5, 5.41) is 8.74. The lowest BCUT2D eigenvalue weighted by Crippen LogP contribution is -2.15. The first-order chi connectivity index (χ1) is 9.01. The molecule has 0 saturated heterocycles. The van der Waals surface area contributed by atoms with Crippen LogP contribution in [0.2, 0.25) is 0 Å². The first kappa shape index (κ1) is 12.6. The predicted molar refractivity (Wildman–Crippen MR) is 74.8 cm³/mol. The first-order valence-corrected chi connectivity index (χ1v) is 6.98. The molecular formula is C15H21N3O. The summed E-state index contributed by atoms with van der Waals surface area (Å²) in [7, 11) is 0. The molecule has 0 spiro atoms. The number of aromatic nitrogens is 2. The smallest absolute Gasteiger partial charge is 0.257 e. The molecule has 1 fully saturated rings. The van der Waals surface area contributed by atoms with Gasteiger partial charge in [-0.05, 0) is 36.3 Å². The number of hydrogen-bond donors (Lipinski definition) is 1. The summed E-state index contributed by atoms with van der Waals surface area (Å²) in [6.45, 7) is 7.51. The average Bonchev–Trinajstić information content (AvgIpc) is 3.09. The van der Waals surface area contributed by atoms with Crippen molar-refractivity contribution in [3.8, 4) is 0 Å². The van der Waals surface area contributed by atoms with E-state index in [0.717, 1.165) is 24.0 Å². The molecule has 1 saturated carbocycles. The van der Waals surface area contributed by atoms with Gasteiger partial charge in [-0.25, -0.2) is 4.98 Å². The molecule has 2 aromatic rings. The van der Waals surface area contributed by atoms with Crippen LogP contribution in [-0.4, -0.2) is 16.2 Å². The molecule has 102 valence electrons. The number of pyridine rings is 1. The molecule has 0 radical (unpaired) electrons. The third kappa shape index (κ3) is 3.13. The molecule has 0 bridgehead atoms. The molecule has 1 N–H and O–H groups in total. The van der Waals surface area contributed by atoms with E-state index in [1.807, 2.05) is 6.20 Å². The maximum atomic E-state index is 5.31.